The minimum absolute atomic E-state index is 0.467. The third-order valence-corrected chi connectivity index (χ3v) is 5.97. The van der Waals surface area contributed by atoms with Crippen LogP contribution in [0.5, 0.6) is 11.5 Å². The number of nitrogens with zero attached hydrogens (tertiary/aromatic N) is 4. The third kappa shape index (κ3) is 3.50. The van der Waals surface area contributed by atoms with E-state index in [9.17, 15) is 0 Å². The fourth-order valence-corrected chi connectivity index (χ4v) is 4.42. The molecule has 0 aliphatic carbocycles. The van der Waals surface area contributed by atoms with Gasteiger partial charge in [-0.2, -0.15) is 5.10 Å². The first-order chi connectivity index (χ1) is 14.5. The number of pyridine rings is 1. The van der Waals surface area contributed by atoms with Gasteiger partial charge in [-0.25, -0.2) is 0 Å². The van der Waals surface area contributed by atoms with Gasteiger partial charge >= 0.3 is 0 Å². The second-order valence-electron chi connectivity index (χ2n) is 7.00. The van der Waals surface area contributed by atoms with Gasteiger partial charge in [0.1, 0.15) is 11.5 Å². The van der Waals surface area contributed by atoms with Gasteiger partial charge in [0.2, 0.25) is 0 Å². The maximum absolute atomic E-state index is 6.65. The lowest BCUT2D eigenvalue weighted by molar-refractivity contribution is 0.394. The average molecular weight is 445 g/mol. The Morgan fingerprint density at radius 2 is 1.77 bits per heavy atom. The molecule has 156 valence electrons. The van der Waals surface area contributed by atoms with Gasteiger partial charge in [0, 0.05) is 61.0 Å². The zero-order chi connectivity index (χ0) is 21.4. The summed E-state index contributed by atoms with van der Waals surface area (Å²) >= 11 is 13.3. The summed E-state index contributed by atoms with van der Waals surface area (Å²) in [6.45, 7) is 3.58. The van der Waals surface area contributed by atoms with E-state index < -0.39 is 0 Å². The molecule has 30 heavy (non-hydrogen) atoms. The third-order valence-electron chi connectivity index (χ3n) is 5.22. The van der Waals surface area contributed by atoms with Crippen molar-refractivity contribution >= 4 is 40.5 Å². The summed E-state index contributed by atoms with van der Waals surface area (Å²) in [5.41, 5.74) is 5.67. The van der Waals surface area contributed by atoms with Gasteiger partial charge in [0.25, 0.3) is 0 Å². The lowest BCUT2D eigenvalue weighted by atomic mass is 9.96. The Morgan fingerprint density at radius 3 is 2.33 bits per heavy atom. The van der Waals surface area contributed by atoms with Gasteiger partial charge in [-0.15, -0.1) is 0 Å². The van der Waals surface area contributed by atoms with Crippen LogP contribution in [0.3, 0.4) is 0 Å². The van der Waals surface area contributed by atoms with Gasteiger partial charge in [-0.3, -0.25) is 9.67 Å². The average Bonchev–Trinajstić information content (AvgIpc) is 3.19. The Bertz CT molecular complexity index is 1110. The molecule has 3 heterocycles. The van der Waals surface area contributed by atoms with Crippen molar-refractivity contribution in [2.45, 2.75) is 6.92 Å². The molecule has 0 radical (unpaired) electrons. The number of rotatable bonds is 5. The SMILES string of the molecule is CCN1CC(c2c(Cl)c(OC)cc(OC)c2Cl)=Cc2cnc(-c3cnn(C)c3)cc21. The molecular formula is C22H22Cl2N4O2. The summed E-state index contributed by atoms with van der Waals surface area (Å²) in [6, 6.07) is 3.79. The number of hydrogen-bond acceptors (Lipinski definition) is 5. The second kappa shape index (κ2) is 8.20. The number of ether oxygens (including phenoxy) is 2. The first-order valence-electron chi connectivity index (χ1n) is 9.51. The molecule has 0 saturated heterocycles. The molecule has 0 N–H and O–H groups in total. The summed E-state index contributed by atoms with van der Waals surface area (Å²) in [5, 5.41) is 5.18. The van der Waals surface area contributed by atoms with E-state index >= 15 is 0 Å². The zero-order valence-corrected chi connectivity index (χ0v) is 18.8. The van der Waals surface area contributed by atoms with E-state index in [1.807, 2.05) is 25.6 Å². The molecule has 1 aliphatic heterocycles. The maximum Gasteiger partial charge on any atom is 0.141 e. The van der Waals surface area contributed by atoms with Crippen molar-refractivity contribution in [1.29, 1.82) is 0 Å². The highest BCUT2D eigenvalue weighted by atomic mass is 35.5. The highest BCUT2D eigenvalue weighted by Gasteiger charge is 2.25. The van der Waals surface area contributed by atoms with Crippen molar-refractivity contribution in [1.82, 2.24) is 14.8 Å². The van der Waals surface area contributed by atoms with E-state index in [1.54, 1.807) is 25.0 Å². The van der Waals surface area contributed by atoms with Gasteiger partial charge in [-0.1, -0.05) is 23.2 Å². The fraction of sp³-hybridized carbons (Fsp3) is 0.273. The molecule has 1 aliphatic rings. The Labute approximate surface area is 185 Å². The van der Waals surface area contributed by atoms with Crippen molar-refractivity contribution in [2.75, 3.05) is 32.2 Å². The van der Waals surface area contributed by atoms with Crippen LogP contribution in [0.2, 0.25) is 10.0 Å². The van der Waals surface area contributed by atoms with Crippen LogP contribution in [0.15, 0.2) is 30.7 Å². The fourth-order valence-electron chi connectivity index (χ4n) is 3.68. The Hall–Kier alpha value is -2.70. The predicted molar refractivity (Wildman–Crippen MR) is 122 cm³/mol. The number of likely N-dealkylation sites (N-methyl/N-ethyl adjacent to an activating group) is 1. The van der Waals surface area contributed by atoms with Crippen LogP contribution in [0.4, 0.5) is 5.69 Å². The molecule has 0 spiro atoms. The molecule has 0 amide bonds. The van der Waals surface area contributed by atoms with Crippen LogP contribution < -0.4 is 14.4 Å². The minimum Gasteiger partial charge on any atom is -0.495 e. The summed E-state index contributed by atoms with van der Waals surface area (Å²) in [4.78, 5) is 6.91. The molecule has 4 rings (SSSR count). The molecule has 3 aromatic rings. The van der Waals surface area contributed by atoms with Crippen molar-refractivity contribution in [3.63, 3.8) is 0 Å². The minimum atomic E-state index is 0.467. The van der Waals surface area contributed by atoms with Crippen molar-refractivity contribution < 1.29 is 9.47 Å². The predicted octanol–water partition coefficient (Wildman–Crippen LogP) is 5.19. The second-order valence-corrected chi connectivity index (χ2v) is 7.75. The largest absolute Gasteiger partial charge is 0.495 e. The number of benzene rings is 1. The summed E-state index contributed by atoms with van der Waals surface area (Å²) in [6.07, 6.45) is 7.72. The van der Waals surface area contributed by atoms with Crippen LogP contribution >= 0.6 is 23.2 Å². The van der Waals surface area contributed by atoms with Crippen LogP contribution in [0.1, 0.15) is 18.1 Å². The van der Waals surface area contributed by atoms with Gasteiger partial charge in [-0.05, 0) is 24.6 Å². The quantitative estimate of drug-likeness (QED) is 0.541. The standard InChI is InChI=1S/C22H22Cl2N4O2/c1-5-28-12-14(20-21(23)18(29-3)8-19(30-4)22(20)24)6-13-9-25-16(7-17(13)28)15-10-26-27(2)11-15/h6-11H,5,12H2,1-4H3. The lowest BCUT2D eigenvalue weighted by Crippen LogP contribution is -2.28. The van der Waals surface area contributed by atoms with Crippen molar-refractivity contribution in [3.05, 3.63) is 51.9 Å². The summed E-state index contributed by atoms with van der Waals surface area (Å²) < 4.78 is 12.6. The van der Waals surface area contributed by atoms with Crippen LogP contribution in [0.25, 0.3) is 22.9 Å². The number of fused-ring (bicyclic) bond motifs is 1. The molecule has 0 atom stereocenters. The first-order valence-corrected chi connectivity index (χ1v) is 10.3. The first kappa shape index (κ1) is 20.6. The Balaban J connectivity index is 1.85. The molecule has 8 heteroatoms. The molecular weight excluding hydrogens is 423 g/mol. The number of aromatic nitrogens is 3. The van der Waals surface area contributed by atoms with Gasteiger partial charge < -0.3 is 14.4 Å². The highest BCUT2D eigenvalue weighted by Crippen LogP contribution is 2.46. The smallest absolute Gasteiger partial charge is 0.141 e. The summed E-state index contributed by atoms with van der Waals surface area (Å²) in [7, 11) is 5.04. The normalized spacial score (nSPS) is 13.1. The Morgan fingerprint density at radius 1 is 1.07 bits per heavy atom. The number of anilines is 1. The molecule has 6 nitrogen and oxygen atoms in total. The zero-order valence-electron chi connectivity index (χ0n) is 17.2. The summed E-state index contributed by atoms with van der Waals surface area (Å²) in [5.74, 6) is 1.04. The molecule has 1 aromatic carbocycles. The van der Waals surface area contributed by atoms with Crippen LogP contribution in [0, 0.1) is 0 Å². The van der Waals surface area contributed by atoms with E-state index in [0.29, 0.717) is 28.1 Å². The van der Waals surface area contributed by atoms with Crippen LogP contribution in [-0.2, 0) is 7.05 Å². The van der Waals surface area contributed by atoms with Crippen molar-refractivity contribution in [2.24, 2.45) is 7.05 Å². The van der Waals surface area contributed by atoms with Gasteiger partial charge in [0.15, 0.2) is 0 Å². The number of methoxy groups -OCH3 is 2. The maximum atomic E-state index is 6.65. The molecule has 0 unspecified atom stereocenters. The Kier molecular flexibility index (Phi) is 5.62. The van der Waals surface area contributed by atoms with E-state index in [-0.39, 0.29) is 0 Å². The number of hydrogen-bond donors (Lipinski definition) is 0. The van der Waals surface area contributed by atoms with Crippen molar-refractivity contribution in [3.8, 4) is 22.8 Å². The molecule has 0 fully saturated rings. The lowest BCUT2D eigenvalue weighted by Gasteiger charge is -2.31. The van der Waals surface area contributed by atoms with Crippen LogP contribution in [-0.4, -0.2) is 42.1 Å². The monoisotopic (exact) mass is 444 g/mol. The molecule has 2 aromatic heterocycles. The van der Waals surface area contributed by atoms with E-state index in [4.69, 9.17) is 32.7 Å². The van der Waals surface area contributed by atoms with E-state index in [2.05, 4.69) is 34.0 Å². The van der Waals surface area contributed by atoms with E-state index in [0.717, 1.165) is 40.2 Å². The molecule has 0 bridgehead atoms. The van der Waals surface area contributed by atoms with E-state index in [1.165, 1.54) is 0 Å². The molecule has 0 saturated carbocycles. The van der Waals surface area contributed by atoms with Gasteiger partial charge in [0.05, 0.1) is 36.2 Å². The highest BCUT2D eigenvalue weighted by molar-refractivity contribution is 6.39. The number of aryl methyl sites for hydroxylation is 1. The topological polar surface area (TPSA) is 52.4 Å². The number of halogens is 2.